The summed E-state index contributed by atoms with van der Waals surface area (Å²) < 4.78 is 5.48. The maximum absolute atomic E-state index is 13.5. The van der Waals surface area contributed by atoms with Gasteiger partial charge in [-0.1, -0.05) is 54.1 Å². The highest BCUT2D eigenvalue weighted by Crippen LogP contribution is 2.29. The minimum Gasteiger partial charge on any atom is -0.495 e. The van der Waals surface area contributed by atoms with Crippen LogP contribution in [0, 0.1) is 0 Å². The molecule has 3 amide bonds. The minimum absolute atomic E-state index is 0.142. The normalized spacial score (nSPS) is 14.3. The van der Waals surface area contributed by atoms with Crippen molar-refractivity contribution >= 4 is 34.9 Å². The van der Waals surface area contributed by atoms with Gasteiger partial charge in [0.05, 0.1) is 12.8 Å². The van der Waals surface area contributed by atoms with Gasteiger partial charge in [-0.3, -0.25) is 4.79 Å². The fourth-order valence-corrected chi connectivity index (χ4v) is 4.13. The van der Waals surface area contributed by atoms with Crippen molar-refractivity contribution < 1.29 is 14.3 Å². The molecule has 1 aliphatic rings. The molecule has 4 rings (SSSR count). The highest BCUT2D eigenvalue weighted by molar-refractivity contribution is 6.30. The van der Waals surface area contributed by atoms with Gasteiger partial charge in [0, 0.05) is 36.9 Å². The number of benzene rings is 3. The number of ether oxygens (including phenoxy) is 1. The van der Waals surface area contributed by atoms with Gasteiger partial charge in [0.25, 0.3) is 0 Å². The second kappa shape index (κ2) is 10.9. The Morgan fingerprint density at radius 1 is 0.882 bits per heavy atom. The van der Waals surface area contributed by atoms with E-state index in [0.717, 1.165) is 17.0 Å². The van der Waals surface area contributed by atoms with Gasteiger partial charge in [-0.15, -0.1) is 0 Å². The van der Waals surface area contributed by atoms with Crippen LogP contribution in [-0.2, 0) is 4.79 Å². The summed E-state index contributed by atoms with van der Waals surface area (Å²) in [7, 11) is 1.66. The lowest BCUT2D eigenvalue weighted by Gasteiger charge is -2.38. The topological polar surface area (TPSA) is 73.9 Å². The summed E-state index contributed by atoms with van der Waals surface area (Å²) >= 11 is 5.92. The van der Waals surface area contributed by atoms with Gasteiger partial charge in [0.15, 0.2) is 0 Å². The Hall–Kier alpha value is -3.71. The number of nitrogens with zero attached hydrogens (tertiary/aromatic N) is 2. The first-order valence-corrected chi connectivity index (χ1v) is 11.5. The van der Waals surface area contributed by atoms with Gasteiger partial charge in [-0.2, -0.15) is 0 Å². The number of amides is 3. The number of hydrogen-bond donors (Lipinski definition) is 2. The van der Waals surface area contributed by atoms with Crippen LogP contribution in [0.5, 0.6) is 5.75 Å². The number of anilines is 2. The van der Waals surface area contributed by atoms with Gasteiger partial charge < -0.3 is 25.2 Å². The third-order valence-corrected chi connectivity index (χ3v) is 6.03. The molecule has 1 saturated heterocycles. The molecule has 2 N–H and O–H groups in total. The number of methoxy groups -OCH3 is 1. The van der Waals surface area contributed by atoms with E-state index in [1.807, 2.05) is 54.6 Å². The molecule has 1 heterocycles. The van der Waals surface area contributed by atoms with E-state index >= 15 is 0 Å². The Bertz CT molecular complexity index is 1120. The highest BCUT2D eigenvalue weighted by atomic mass is 35.5. The van der Waals surface area contributed by atoms with Crippen LogP contribution in [-0.4, -0.2) is 50.1 Å². The van der Waals surface area contributed by atoms with E-state index in [-0.39, 0.29) is 5.91 Å². The van der Waals surface area contributed by atoms with Crippen LogP contribution in [0.1, 0.15) is 11.6 Å². The smallest absolute Gasteiger partial charge is 0.320 e. The van der Waals surface area contributed by atoms with Crippen LogP contribution in [0.25, 0.3) is 0 Å². The molecule has 1 unspecified atom stereocenters. The van der Waals surface area contributed by atoms with Crippen molar-refractivity contribution in [1.29, 1.82) is 0 Å². The molecule has 1 aliphatic heterocycles. The molecule has 7 nitrogen and oxygen atoms in total. The molecule has 0 aliphatic carbocycles. The van der Waals surface area contributed by atoms with E-state index in [0.29, 0.717) is 36.9 Å². The first kappa shape index (κ1) is 23.4. The first-order valence-electron chi connectivity index (χ1n) is 11.1. The zero-order valence-corrected chi connectivity index (χ0v) is 19.7. The van der Waals surface area contributed by atoms with Crippen LogP contribution in [0.15, 0.2) is 78.9 Å². The number of carbonyl (C=O) groups excluding carboxylic acids is 2. The van der Waals surface area contributed by atoms with Crippen LogP contribution in [0.4, 0.5) is 16.2 Å². The fourth-order valence-electron chi connectivity index (χ4n) is 4.01. The molecular weight excluding hydrogens is 452 g/mol. The summed E-state index contributed by atoms with van der Waals surface area (Å²) in [5, 5.41) is 6.19. The minimum atomic E-state index is -0.800. The Morgan fingerprint density at radius 2 is 1.53 bits per heavy atom. The van der Waals surface area contributed by atoms with Crippen molar-refractivity contribution in [3.05, 3.63) is 89.4 Å². The molecule has 0 aromatic heterocycles. The van der Waals surface area contributed by atoms with E-state index in [2.05, 4.69) is 15.5 Å². The van der Waals surface area contributed by atoms with Crippen molar-refractivity contribution in [2.45, 2.75) is 6.04 Å². The molecule has 8 heteroatoms. The zero-order chi connectivity index (χ0) is 23.9. The second-order valence-corrected chi connectivity index (χ2v) is 8.37. The predicted octanol–water partition coefficient (Wildman–Crippen LogP) is 4.56. The maximum atomic E-state index is 13.5. The van der Waals surface area contributed by atoms with Crippen LogP contribution < -0.4 is 20.3 Å². The Labute approximate surface area is 204 Å². The van der Waals surface area contributed by atoms with E-state index < -0.39 is 12.1 Å². The number of nitrogens with one attached hydrogen (secondary N) is 2. The average molecular weight is 479 g/mol. The molecule has 0 spiro atoms. The maximum Gasteiger partial charge on any atom is 0.320 e. The highest BCUT2D eigenvalue weighted by Gasteiger charge is 2.30. The number of hydrogen-bond acceptors (Lipinski definition) is 4. The van der Waals surface area contributed by atoms with Gasteiger partial charge >= 0.3 is 6.03 Å². The van der Waals surface area contributed by atoms with Crippen molar-refractivity contribution in [1.82, 2.24) is 10.2 Å². The summed E-state index contributed by atoms with van der Waals surface area (Å²) in [4.78, 5) is 30.3. The quantitative estimate of drug-likeness (QED) is 0.544. The van der Waals surface area contributed by atoms with E-state index in [1.165, 1.54) is 0 Å². The molecule has 3 aromatic carbocycles. The molecule has 0 radical (unpaired) electrons. The molecule has 0 saturated carbocycles. The number of para-hydroxylation sites is 2. The molecule has 34 heavy (non-hydrogen) atoms. The molecule has 1 fully saturated rings. The fraction of sp³-hybridized carbons (Fsp3) is 0.231. The van der Waals surface area contributed by atoms with Gasteiger partial charge in [-0.25, -0.2) is 4.79 Å². The zero-order valence-electron chi connectivity index (χ0n) is 18.9. The molecule has 1 atom stereocenters. The second-order valence-electron chi connectivity index (χ2n) is 7.93. The van der Waals surface area contributed by atoms with Crippen molar-refractivity contribution in [2.75, 3.05) is 43.5 Å². The van der Waals surface area contributed by atoms with Crippen molar-refractivity contribution in [2.24, 2.45) is 0 Å². The first-order chi connectivity index (χ1) is 16.5. The van der Waals surface area contributed by atoms with Crippen molar-refractivity contribution in [3.63, 3.8) is 0 Å². The lowest BCUT2D eigenvalue weighted by Crippen LogP contribution is -2.52. The van der Waals surface area contributed by atoms with E-state index in [1.54, 1.807) is 36.3 Å². The Morgan fingerprint density at radius 3 is 2.21 bits per heavy atom. The Kier molecular flexibility index (Phi) is 7.54. The third kappa shape index (κ3) is 5.61. The van der Waals surface area contributed by atoms with Gasteiger partial charge in [0.1, 0.15) is 11.8 Å². The number of carbonyl (C=O) groups is 2. The largest absolute Gasteiger partial charge is 0.495 e. The summed E-state index contributed by atoms with van der Waals surface area (Å²) in [5.41, 5.74) is 2.33. The third-order valence-electron chi connectivity index (χ3n) is 5.77. The summed E-state index contributed by atoms with van der Waals surface area (Å²) in [6.45, 7) is 2.43. The van der Waals surface area contributed by atoms with E-state index in [9.17, 15) is 9.59 Å². The lowest BCUT2D eigenvalue weighted by atomic mass is 10.1. The number of halogens is 1. The number of rotatable bonds is 6. The number of piperazine rings is 1. The predicted molar refractivity (Wildman–Crippen MR) is 135 cm³/mol. The standard InChI is InChI=1S/C26H27ClN4O3/c1-34-23-10-6-5-9-22(23)30-15-17-31(18-16-30)25(32)24(19-7-3-2-4-8-19)29-26(33)28-21-13-11-20(27)12-14-21/h2-14,24H,15-18H2,1H3,(H2,28,29,33). The Balaban J connectivity index is 1.45. The van der Waals surface area contributed by atoms with Gasteiger partial charge in [-0.05, 0) is 42.0 Å². The SMILES string of the molecule is COc1ccccc1N1CCN(C(=O)C(NC(=O)Nc2ccc(Cl)cc2)c2ccccc2)CC1. The van der Waals surface area contributed by atoms with Crippen LogP contribution in [0.3, 0.4) is 0 Å². The van der Waals surface area contributed by atoms with Crippen LogP contribution in [0.2, 0.25) is 5.02 Å². The molecule has 3 aromatic rings. The summed E-state index contributed by atoms with van der Waals surface area (Å²) in [5.74, 6) is 0.669. The lowest BCUT2D eigenvalue weighted by molar-refractivity contribution is -0.133. The molecular formula is C26H27ClN4O3. The summed E-state index contributed by atoms with van der Waals surface area (Å²) in [6, 6.07) is 22.7. The van der Waals surface area contributed by atoms with Crippen molar-refractivity contribution in [3.8, 4) is 5.75 Å². The number of urea groups is 1. The van der Waals surface area contributed by atoms with E-state index in [4.69, 9.17) is 16.3 Å². The molecule has 0 bridgehead atoms. The summed E-state index contributed by atoms with van der Waals surface area (Å²) in [6.07, 6.45) is 0. The monoisotopic (exact) mass is 478 g/mol. The van der Waals surface area contributed by atoms with Crippen LogP contribution >= 0.6 is 11.6 Å². The average Bonchev–Trinajstić information content (AvgIpc) is 2.89. The molecule has 176 valence electrons. The van der Waals surface area contributed by atoms with Gasteiger partial charge in [0.2, 0.25) is 5.91 Å².